The second kappa shape index (κ2) is 6.36. The zero-order chi connectivity index (χ0) is 15.5. The largest absolute Gasteiger partial charge is 0.480 e. The Hall–Kier alpha value is -2.08. The standard InChI is InChI=1S/C16H20N2O4/c19-15(20)14(12-6-7-22-9-12)18-16(21)17-13-5-4-10-2-1-3-11(10)8-13/h4-5,8,12,14H,1-3,6-7,9H2,(H,19,20)(H2,17,18,21)/t12-,14+/m1/s1. The molecule has 1 aliphatic heterocycles. The van der Waals surface area contributed by atoms with E-state index >= 15 is 0 Å². The lowest BCUT2D eigenvalue weighted by molar-refractivity contribution is -0.140. The fourth-order valence-electron chi connectivity index (χ4n) is 3.15. The Balaban J connectivity index is 1.62. The Morgan fingerprint density at radius 2 is 2.09 bits per heavy atom. The minimum atomic E-state index is -1.03. The Morgan fingerprint density at radius 1 is 1.27 bits per heavy atom. The maximum atomic E-state index is 12.1. The van der Waals surface area contributed by atoms with Gasteiger partial charge < -0.3 is 20.5 Å². The lowest BCUT2D eigenvalue weighted by Gasteiger charge is -2.20. The molecule has 1 fully saturated rings. The van der Waals surface area contributed by atoms with Gasteiger partial charge in [-0.1, -0.05) is 6.07 Å². The molecule has 1 heterocycles. The summed E-state index contributed by atoms with van der Waals surface area (Å²) in [5.74, 6) is -1.21. The van der Waals surface area contributed by atoms with Crippen LogP contribution in [0, 0.1) is 5.92 Å². The van der Waals surface area contributed by atoms with Gasteiger partial charge in [0.25, 0.3) is 0 Å². The maximum absolute atomic E-state index is 12.1. The third kappa shape index (κ3) is 3.22. The maximum Gasteiger partial charge on any atom is 0.326 e. The van der Waals surface area contributed by atoms with Gasteiger partial charge in [0.15, 0.2) is 0 Å². The molecule has 22 heavy (non-hydrogen) atoms. The Kier molecular flexibility index (Phi) is 4.29. The first-order chi connectivity index (χ1) is 10.6. The van der Waals surface area contributed by atoms with Crippen LogP contribution >= 0.6 is 0 Å². The summed E-state index contributed by atoms with van der Waals surface area (Å²) in [5, 5.41) is 14.5. The summed E-state index contributed by atoms with van der Waals surface area (Å²) in [6.07, 6.45) is 3.91. The second-order valence-corrected chi connectivity index (χ2v) is 5.88. The van der Waals surface area contributed by atoms with Crippen molar-refractivity contribution in [3.8, 4) is 0 Å². The Morgan fingerprint density at radius 3 is 2.82 bits per heavy atom. The van der Waals surface area contributed by atoms with E-state index in [4.69, 9.17) is 4.74 Å². The molecule has 2 atom stereocenters. The van der Waals surface area contributed by atoms with Crippen LogP contribution in [-0.4, -0.2) is 36.4 Å². The number of anilines is 1. The number of hydrogen-bond donors (Lipinski definition) is 3. The van der Waals surface area contributed by atoms with E-state index in [-0.39, 0.29) is 5.92 Å². The van der Waals surface area contributed by atoms with Crippen molar-refractivity contribution in [2.24, 2.45) is 5.92 Å². The van der Waals surface area contributed by atoms with Crippen molar-refractivity contribution in [2.45, 2.75) is 31.7 Å². The first kappa shape index (κ1) is 14.8. The van der Waals surface area contributed by atoms with Gasteiger partial charge in [0.05, 0.1) is 6.61 Å². The van der Waals surface area contributed by atoms with Crippen LogP contribution in [0.25, 0.3) is 0 Å². The predicted molar refractivity (Wildman–Crippen MR) is 81.0 cm³/mol. The quantitative estimate of drug-likeness (QED) is 0.791. The minimum Gasteiger partial charge on any atom is -0.480 e. The summed E-state index contributed by atoms with van der Waals surface area (Å²) in [4.78, 5) is 23.4. The van der Waals surface area contributed by atoms with Crippen LogP contribution < -0.4 is 10.6 Å². The van der Waals surface area contributed by atoms with E-state index in [1.54, 1.807) is 0 Å². The summed E-state index contributed by atoms with van der Waals surface area (Å²) in [7, 11) is 0. The highest BCUT2D eigenvalue weighted by molar-refractivity contribution is 5.92. The molecule has 3 N–H and O–H groups in total. The zero-order valence-electron chi connectivity index (χ0n) is 12.3. The summed E-state index contributed by atoms with van der Waals surface area (Å²) >= 11 is 0. The summed E-state index contributed by atoms with van der Waals surface area (Å²) in [6, 6.07) is 4.44. The minimum absolute atomic E-state index is 0.178. The molecule has 0 radical (unpaired) electrons. The smallest absolute Gasteiger partial charge is 0.326 e. The number of rotatable bonds is 4. The van der Waals surface area contributed by atoms with Crippen LogP contribution in [0.5, 0.6) is 0 Å². The summed E-state index contributed by atoms with van der Waals surface area (Å²) in [6.45, 7) is 0.915. The zero-order valence-corrected chi connectivity index (χ0v) is 12.3. The monoisotopic (exact) mass is 304 g/mol. The van der Waals surface area contributed by atoms with Gasteiger partial charge in [-0.3, -0.25) is 0 Å². The fourth-order valence-corrected chi connectivity index (χ4v) is 3.15. The summed E-state index contributed by atoms with van der Waals surface area (Å²) < 4.78 is 5.20. The molecular weight excluding hydrogens is 284 g/mol. The molecule has 0 spiro atoms. The Labute approximate surface area is 128 Å². The molecule has 0 unspecified atom stereocenters. The highest BCUT2D eigenvalue weighted by Gasteiger charge is 2.32. The molecule has 1 aromatic carbocycles. The molecule has 1 saturated heterocycles. The average molecular weight is 304 g/mol. The number of aliphatic carboxylic acids is 1. The molecule has 3 rings (SSSR count). The number of carbonyl (C=O) groups excluding carboxylic acids is 1. The van der Waals surface area contributed by atoms with E-state index in [0.717, 1.165) is 19.3 Å². The van der Waals surface area contributed by atoms with E-state index in [1.807, 2.05) is 18.2 Å². The third-order valence-corrected chi connectivity index (χ3v) is 4.35. The number of carboxylic acid groups (broad SMARTS) is 1. The van der Waals surface area contributed by atoms with Gasteiger partial charge in [-0.2, -0.15) is 0 Å². The van der Waals surface area contributed by atoms with Crippen molar-refractivity contribution >= 4 is 17.7 Å². The van der Waals surface area contributed by atoms with E-state index in [1.165, 1.54) is 11.1 Å². The highest BCUT2D eigenvalue weighted by Crippen LogP contribution is 2.25. The second-order valence-electron chi connectivity index (χ2n) is 5.88. The number of ether oxygens (including phenoxy) is 1. The van der Waals surface area contributed by atoms with Gasteiger partial charge in [-0.05, 0) is 48.9 Å². The SMILES string of the molecule is O=C(Nc1ccc2c(c1)CCC2)N[C@H](C(=O)O)[C@@H]1CCOC1. The van der Waals surface area contributed by atoms with Crippen LogP contribution in [-0.2, 0) is 22.4 Å². The molecule has 6 heteroatoms. The van der Waals surface area contributed by atoms with Gasteiger partial charge in [-0.15, -0.1) is 0 Å². The summed E-state index contributed by atoms with van der Waals surface area (Å²) in [5.41, 5.74) is 3.29. The molecule has 0 aromatic heterocycles. The predicted octanol–water partition coefficient (Wildman–Crippen LogP) is 1.79. The third-order valence-electron chi connectivity index (χ3n) is 4.35. The topological polar surface area (TPSA) is 87.7 Å². The number of carbonyl (C=O) groups is 2. The first-order valence-corrected chi connectivity index (χ1v) is 7.63. The molecule has 0 bridgehead atoms. The Bertz CT molecular complexity index is 582. The van der Waals surface area contributed by atoms with Gasteiger partial charge in [-0.25, -0.2) is 9.59 Å². The molecule has 2 aliphatic rings. The number of fused-ring (bicyclic) bond motifs is 1. The van der Waals surface area contributed by atoms with E-state index in [2.05, 4.69) is 10.6 Å². The van der Waals surface area contributed by atoms with Crippen molar-refractivity contribution in [2.75, 3.05) is 18.5 Å². The van der Waals surface area contributed by atoms with Crippen molar-refractivity contribution in [3.63, 3.8) is 0 Å². The fraction of sp³-hybridized carbons (Fsp3) is 0.500. The number of benzene rings is 1. The average Bonchev–Trinajstić information content (AvgIpc) is 3.15. The first-order valence-electron chi connectivity index (χ1n) is 7.63. The number of urea groups is 1. The number of aryl methyl sites for hydroxylation is 2. The number of amides is 2. The van der Waals surface area contributed by atoms with Crippen molar-refractivity contribution in [1.29, 1.82) is 0 Å². The normalized spacial score (nSPS) is 21.2. The highest BCUT2D eigenvalue weighted by atomic mass is 16.5. The van der Waals surface area contributed by atoms with E-state index in [9.17, 15) is 14.7 Å². The van der Waals surface area contributed by atoms with Gasteiger partial charge >= 0.3 is 12.0 Å². The number of nitrogens with one attached hydrogen (secondary N) is 2. The lowest BCUT2D eigenvalue weighted by Crippen LogP contribution is -2.47. The van der Waals surface area contributed by atoms with E-state index < -0.39 is 18.0 Å². The van der Waals surface area contributed by atoms with Gasteiger partial charge in [0, 0.05) is 18.2 Å². The molecule has 0 saturated carbocycles. The van der Waals surface area contributed by atoms with Crippen molar-refractivity contribution < 1.29 is 19.4 Å². The van der Waals surface area contributed by atoms with Crippen molar-refractivity contribution in [1.82, 2.24) is 5.32 Å². The van der Waals surface area contributed by atoms with Crippen LogP contribution in [0.3, 0.4) is 0 Å². The van der Waals surface area contributed by atoms with Gasteiger partial charge in [0.2, 0.25) is 0 Å². The van der Waals surface area contributed by atoms with Crippen LogP contribution in [0.15, 0.2) is 18.2 Å². The van der Waals surface area contributed by atoms with Crippen LogP contribution in [0.1, 0.15) is 24.0 Å². The molecule has 6 nitrogen and oxygen atoms in total. The van der Waals surface area contributed by atoms with Crippen LogP contribution in [0.2, 0.25) is 0 Å². The number of carboxylic acids is 1. The lowest BCUT2D eigenvalue weighted by atomic mass is 9.99. The molecule has 1 aliphatic carbocycles. The van der Waals surface area contributed by atoms with Crippen molar-refractivity contribution in [3.05, 3.63) is 29.3 Å². The molecule has 118 valence electrons. The van der Waals surface area contributed by atoms with Crippen LogP contribution in [0.4, 0.5) is 10.5 Å². The molecule has 1 aromatic rings. The molecule has 2 amide bonds. The number of hydrogen-bond acceptors (Lipinski definition) is 3. The van der Waals surface area contributed by atoms with Gasteiger partial charge in [0.1, 0.15) is 6.04 Å². The molecular formula is C16H20N2O4. The van der Waals surface area contributed by atoms with E-state index in [0.29, 0.717) is 25.3 Å².